The van der Waals surface area contributed by atoms with Crippen molar-refractivity contribution in [3.63, 3.8) is 0 Å². The van der Waals surface area contributed by atoms with Crippen molar-refractivity contribution < 1.29 is 18.8 Å². The Bertz CT molecular complexity index is 683. The van der Waals surface area contributed by atoms with E-state index in [9.17, 15) is 4.79 Å². The van der Waals surface area contributed by atoms with Crippen LogP contribution < -0.4 is 4.74 Å². The Kier molecular flexibility index (Phi) is 5.10. The molecule has 7 nitrogen and oxygen atoms in total. The average molecular weight is 331 g/mol. The van der Waals surface area contributed by atoms with E-state index >= 15 is 0 Å². The van der Waals surface area contributed by atoms with Crippen LogP contribution in [0.4, 0.5) is 0 Å². The number of methoxy groups -OCH3 is 2. The van der Waals surface area contributed by atoms with Crippen molar-refractivity contribution in [3.8, 4) is 5.75 Å². The normalized spacial score (nSPS) is 17.8. The molecule has 0 aliphatic carbocycles. The summed E-state index contributed by atoms with van der Waals surface area (Å²) in [5.74, 6) is 1.96. The van der Waals surface area contributed by atoms with Gasteiger partial charge in [-0.3, -0.25) is 4.79 Å². The fraction of sp³-hybridized carbons (Fsp3) is 0.471. The molecule has 1 atom stereocenters. The van der Waals surface area contributed by atoms with Crippen LogP contribution in [0.3, 0.4) is 0 Å². The molecule has 1 amide bonds. The smallest absolute Gasteiger partial charge is 0.253 e. The van der Waals surface area contributed by atoms with Crippen LogP contribution in [-0.4, -0.2) is 48.3 Å². The third-order valence-electron chi connectivity index (χ3n) is 4.16. The third-order valence-corrected chi connectivity index (χ3v) is 4.16. The number of hydrogen-bond acceptors (Lipinski definition) is 6. The van der Waals surface area contributed by atoms with E-state index in [0.29, 0.717) is 30.4 Å². The number of hydrogen-bond donors (Lipinski definition) is 0. The monoisotopic (exact) mass is 331 g/mol. The molecule has 128 valence electrons. The standard InChI is InChI=1S/C17H21N3O4/c1-22-11-15-18-16(19-24-15)13-4-3-9-20(10-13)17(21)12-5-7-14(23-2)8-6-12/h5-8,13H,3-4,9-11H2,1-2H3. The van der Waals surface area contributed by atoms with Crippen LogP contribution in [0.1, 0.15) is 40.8 Å². The molecule has 2 heterocycles. The van der Waals surface area contributed by atoms with Gasteiger partial charge in [0.05, 0.1) is 7.11 Å². The SMILES string of the molecule is COCc1nc(C2CCCN(C(=O)c3ccc(OC)cc3)C2)no1. The van der Waals surface area contributed by atoms with Crippen LogP contribution in [0, 0.1) is 0 Å². The highest BCUT2D eigenvalue weighted by Gasteiger charge is 2.28. The summed E-state index contributed by atoms with van der Waals surface area (Å²) in [6.07, 6.45) is 1.86. The molecule has 24 heavy (non-hydrogen) atoms. The van der Waals surface area contributed by atoms with Gasteiger partial charge in [0.1, 0.15) is 12.4 Å². The van der Waals surface area contributed by atoms with Gasteiger partial charge < -0.3 is 18.9 Å². The molecule has 1 saturated heterocycles. The Morgan fingerprint density at radius 1 is 1.33 bits per heavy atom. The minimum Gasteiger partial charge on any atom is -0.497 e. The van der Waals surface area contributed by atoms with Crippen molar-refractivity contribution in [1.29, 1.82) is 0 Å². The molecule has 1 fully saturated rings. The first-order chi connectivity index (χ1) is 11.7. The van der Waals surface area contributed by atoms with Gasteiger partial charge >= 0.3 is 0 Å². The number of carbonyl (C=O) groups excluding carboxylic acids is 1. The lowest BCUT2D eigenvalue weighted by atomic mass is 9.96. The number of aromatic nitrogens is 2. The Morgan fingerprint density at radius 2 is 2.12 bits per heavy atom. The molecule has 0 N–H and O–H groups in total. The molecule has 0 radical (unpaired) electrons. The summed E-state index contributed by atoms with van der Waals surface area (Å²) < 4.78 is 15.3. The molecule has 1 aliphatic rings. The van der Waals surface area contributed by atoms with Crippen molar-refractivity contribution in [1.82, 2.24) is 15.0 Å². The first kappa shape index (κ1) is 16.4. The number of nitrogens with zero attached hydrogens (tertiary/aromatic N) is 3. The zero-order chi connectivity index (χ0) is 16.9. The maximum Gasteiger partial charge on any atom is 0.253 e. The molecule has 0 bridgehead atoms. The van der Waals surface area contributed by atoms with E-state index in [1.807, 2.05) is 4.90 Å². The van der Waals surface area contributed by atoms with E-state index in [2.05, 4.69) is 10.1 Å². The number of rotatable bonds is 5. The number of benzene rings is 1. The van der Waals surface area contributed by atoms with E-state index < -0.39 is 0 Å². The predicted octanol–water partition coefficient (Wildman–Crippen LogP) is 2.24. The van der Waals surface area contributed by atoms with Gasteiger partial charge in [-0.15, -0.1) is 0 Å². The van der Waals surface area contributed by atoms with Gasteiger partial charge in [0, 0.05) is 31.7 Å². The molecule has 3 rings (SSSR count). The van der Waals surface area contributed by atoms with Gasteiger partial charge in [-0.05, 0) is 37.1 Å². The average Bonchev–Trinajstić information content (AvgIpc) is 3.10. The first-order valence-electron chi connectivity index (χ1n) is 7.96. The highest BCUT2D eigenvalue weighted by molar-refractivity contribution is 5.94. The summed E-state index contributed by atoms with van der Waals surface area (Å²) in [5, 5.41) is 4.03. The minimum atomic E-state index is 0.0166. The zero-order valence-corrected chi connectivity index (χ0v) is 13.9. The van der Waals surface area contributed by atoms with Gasteiger partial charge in [0.2, 0.25) is 0 Å². The van der Waals surface area contributed by atoms with Crippen LogP contribution >= 0.6 is 0 Å². The lowest BCUT2D eigenvalue weighted by Crippen LogP contribution is -2.39. The summed E-state index contributed by atoms with van der Waals surface area (Å²) >= 11 is 0. The minimum absolute atomic E-state index is 0.0166. The van der Waals surface area contributed by atoms with E-state index in [1.54, 1.807) is 38.5 Å². The number of carbonyl (C=O) groups is 1. The van der Waals surface area contributed by atoms with Gasteiger partial charge in [-0.1, -0.05) is 5.16 Å². The van der Waals surface area contributed by atoms with Crippen LogP contribution in [0.5, 0.6) is 5.75 Å². The molecule has 0 spiro atoms. The van der Waals surface area contributed by atoms with Gasteiger partial charge in [-0.25, -0.2) is 0 Å². The van der Waals surface area contributed by atoms with Crippen LogP contribution in [0.2, 0.25) is 0 Å². The van der Waals surface area contributed by atoms with Crippen molar-refractivity contribution in [2.24, 2.45) is 0 Å². The van der Waals surface area contributed by atoms with Gasteiger partial charge in [0.15, 0.2) is 5.82 Å². The highest BCUT2D eigenvalue weighted by Crippen LogP contribution is 2.26. The largest absolute Gasteiger partial charge is 0.497 e. The summed E-state index contributed by atoms with van der Waals surface area (Å²) in [6.45, 7) is 1.63. The van der Waals surface area contributed by atoms with E-state index in [-0.39, 0.29) is 11.8 Å². The van der Waals surface area contributed by atoms with Crippen LogP contribution in [0.15, 0.2) is 28.8 Å². The topological polar surface area (TPSA) is 77.7 Å². The Balaban J connectivity index is 1.68. The molecule has 1 aromatic heterocycles. The highest BCUT2D eigenvalue weighted by atomic mass is 16.5. The van der Waals surface area contributed by atoms with E-state index in [0.717, 1.165) is 25.1 Å². The quantitative estimate of drug-likeness (QED) is 0.836. The summed E-state index contributed by atoms with van der Waals surface area (Å²) in [4.78, 5) is 18.9. The fourth-order valence-electron chi connectivity index (χ4n) is 2.90. The first-order valence-corrected chi connectivity index (χ1v) is 7.96. The maximum atomic E-state index is 12.7. The van der Waals surface area contributed by atoms with Crippen LogP contribution in [0.25, 0.3) is 0 Å². The van der Waals surface area contributed by atoms with Crippen molar-refractivity contribution >= 4 is 5.91 Å². The Morgan fingerprint density at radius 3 is 2.83 bits per heavy atom. The fourth-order valence-corrected chi connectivity index (χ4v) is 2.90. The molecular formula is C17H21N3O4. The molecule has 7 heteroatoms. The van der Waals surface area contributed by atoms with Gasteiger partial charge in [0.25, 0.3) is 11.8 Å². The summed E-state index contributed by atoms with van der Waals surface area (Å²) in [7, 11) is 3.19. The molecule has 0 saturated carbocycles. The number of ether oxygens (including phenoxy) is 2. The lowest BCUT2D eigenvalue weighted by molar-refractivity contribution is 0.0703. The molecule has 1 aromatic carbocycles. The maximum absolute atomic E-state index is 12.7. The number of likely N-dealkylation sites (tertiary alicyclic amines) is 1. The van der Waals surface area contributed by atoms with Crippen molar-refractivity contribution in [2.75, 3.05) is 27.3 Å². The molecule has 2 aromatic rings. The molecular weight excluding hydrogens is 310 g/mol. The zero-order valence-electron chi connectivity index (χ0n) is 13.9. The Hall–Kier alpha value is -2.41. The third kappa shape index (κ3) is 3.56. The summed E-state index contributed by atoms with van der Waals surface area (Å²) in [5.41, 5.74) is 0.657. The van der Waals surface area contributed by atoms with Crippen LogP contribution in [-0.2, 0) is 11.3 Å². The predicted molar refractivity (Wildman–Crippen MR) is 85.9 cm³/mol. The number of piperidine rings is 1. The lowest BCUT2D eigenvalue weighted by Gasteiger charge is -2.31. The van der Waals surface area contributed by atoms with E-state index in [4.69, 9.17) is 14.0 Å². The summed E-state index contributed by atoms with van der Waals surface area (Å²) in [6, 6.07) is 7.17. The Labute approximate surface area is 140 Å². The van der Waals surface area contributed by atoms with Crippen molar-refractivity contribution in [2.45, 2.75) is 25.4 Å². The second-order valence-electron chi connectivity index (χ2n) is 5.80. The number of amides is 1. The molecule has 1 aliphatic heterocycles. The van der Waals surface area contributed by atoms with Gasteiger partial charge in [-0.2, -0.15) is 4.98 Å². The second kappa shape index (κ2) is 7.44. The second-order valence-corrected chi connectivity index (χ2v) is 5.80. The van der Waals surface area contributed by atoms with Crippen molar-refractivity contribution in [3.05, 3.63) is 41.5 Å². The van der Waals surface area contributed by atoms with E-state index in [1.165, 1.54) is 0 Å². The molecule has 1 unspecified atom stereocenters.